The van der Waals surface area contributed by atoms with Gasteiger partial charge in [-0.2, -0.15) is 5.10 Å². The van der Waals surface area contributed by atoms with E-state index in [4.69, 9.17) is 4.74 Å². The molecule has 0 radical (unpaired) electrons. The molecule has 0 atom stereocenters. The van der Waals surface area contributed by atoms with Crippen molar-refractivity contribution in [3.05, 3.63) is 41.6 Å². The molecule has 0 bridgehead atoms. The molecule has 0 unspecified atom stereocenters. The van der Waals surface area contributed by atoms with Gasteiger partial charge in [-0.3, -0.25) is 9.82 Å². The Bertz CT molecular complexity index is 766. The van der Waals surface area contributed by atoms with Crippen LogP contribution in [0.5, 0.6) is 0 Å². The second-order valence-electron chi connectivity index (χ2n) is 4.88. The predicted octanol–water partition coefficient (Wildman–Crippen LogP) is 2.34. The van der Waals surface area contributed by atoms with Crippen molar-refractivity contribution in [2.75, 3.05) is 11.3 Å². The van der Waals surface area contributed by atoms with Crippen LogP contribution < -0.4 is 4.72 Å². The van der Waals surface area contributed by atoms with Gasteiger partial charge >= 0.3 is 5.97 Å². The predicted molar refractivity (Wildman–Crippen MR) is 85.8 cm³/mol. The largest absolute Gasteiger partial charge is 0.462 e. The molecule has 0 amide bonds. The third-order valence-corrected chi connectivity index (χ3v) is 4.51. The molecule has 124 valence electrons. The first-order valence-corrected chi connectivity index (χ1v) is 8.78. The minimum absolute atomic E-state index is 0.0129. The topological polar surface area (TPSA) is 101 Å². The molecule has 0 saturated heterocycles. The number of carbonyl (C=O) groups excluding carboxylic acids is 1. The smallest absolute Gasteiger partial charge is 0.343 e. The van der Waals surface area contributed by atoms with Gasteiger partial charge in [0.1, 0.15) is 11.4 Å². The zero-order valence-corrected chi connectivity index (χ0v) is 13.8. The van der Waals surface area contributed by atoms with Crippen molar-refractivity contribution in [3.8, 4) is 0 Å². The molecule has 0 spiro atoms. The Hall–Kier alpha value is -2.35. The maximum atomic E-state index is 12.4. The summed E-state index contributed by atoms with van der Waals surface area (Å²) in [6.45, 7) is 3.91. The van der Waals surface area contributed by atoms with E-state index in [1.165, 1.54) is 18.3 Å². The normalized spacial score (nSPS) is 11.2. The molecule has 8 heteroatoms. The second kappa shape index (κ2) is 7.28. The first kappa shape index (κ1) is 17.0. The summed E-state index contributed by atoms with van der Waals surface area (Å²) in [5.74, 6) is -0.654. The Morgan fingerprint density at radius 3 is 2.57 bits per heavy atom. The maximum absolute atomic E-state index is 12.4. The van der Waals surface area contributed by atoms with Crippen molar-refractivity contribution in [2.24, 2.45) is 0 Å². The monoisotopic (exact) mass is 337 g/mol. The molecule has 1 aromatic heterocycles. The van der Waals surface area contributed by atoms with E-state index in [1.807, 2.05) is 0 Å². The second-order valence-corrected chi connectivity index (χ2v) is 6.56. The molecular weight excluding hydrogens is 318 g/mol. The number of nitrogens with zero attached hydrogens (tertiary/aromatic N) is 1. The quantitative estimate of drug-likeness (QED) is 0.755. The van der Waals surface area contributed by atoms with Crippen LogP contribution in [0.3, 0.4) is 0 Å². The van der Waals surface area contributed by atoms with E-state index in [-0.39, 0.29) is 22.9 Å². The van der Waals surface area contributed by atoms with Gasteiger partial charge in [0.25, 0.3) is 10.0 Å². The number of H-pyrrole nitrogens is 1. The molecule has 2 aromatic rings. The summed E-state index contributed by atoms with van der Waals surface area (Å²) >= 11 is 0. The van der Waals surface area contributed by atoms with Crippen molar-refractivity contribution in [1.82, 2.24) is 10.2 Å². The number of sulfonamides is 1. The molecule has 23 heavy (non-hydrogen) atoms. The van der Waals surface area contributed by atoms with E-state index in [0.29, 0.717) is 0 Å². The average Bonchev–Trinajstić information content (AvgIpc) is 2.96. The number of carbonyl (C=O) groups is 1. The molecule has 0 saturated carbocycles. The highest BCUT2D eigenvalue weighted by atomic mass is 32.2. The maximum Gasteiger partial charge on any atom is 0.343 e. The lowest BCUT2D eigenvalue weighted by Crippen LogP contribution is -2.16. The highest BCUT2D eigenvalue weighted by Crippen LogP contribution is 2.19. The fraction of sp³-hybridized carbons (Fsp3) is 0.333. The minimum atomic E-state index is -3.81. The molecule has 0 aliphatic heterocycles. The summed E-state index contributed by atoms with van der Waals surface area (Å²) in [6.07, 6.45) is 3.10. The Morgan fingerprint density at radius 2 is 1.96 bits per heavy atom. The Kier molecular flexibility index (Phi) is 5.38. The van der Waals surface area contributed by atoms with Crippen LogP contribution in [0.1, 0.15) is 36.2 Å². The van der Waals surface area contributed by atoms with Gasteiger partial charge in [-0.05, 0) is 31.0 Å². The van der Waals surface area contributed by atoms with Crippen molar-refractivity contribution >= 4 is 21.8 Å². The standard InChI is InChI=1S/C15H19N3O4S/c1-3-5-11-6-8-12(9-7-11)23(20,21)18-14-13(10-16-17-14)15(19)22-4-2/h6-10H,3-5H2,1-2H3,(H2,16,17,18). The SMILES string of the molecule is CCCc1ccc(S(=O)(=O)Nc2[nH]ncc2C(=O)OCC)cc1. The Morgan fingerprint density at radius 1 is 1.26 bits per heavy atom. The first-order chi connectivity index (χ1) is 11.0. The van der Waals surface area contributed by atoms with Gasteiger partial charge in [0.15, 0.2) is 0 Å². The number of aromatic amines is 1. The fourth-order valence-corrected chi connectivity index (χ4v) is 3.08. The average molecular weight is 337 g/mol. The zero-order chi connectivity index (χ0) is 16.9. The van der Waals surface area contributed by atoms with E-state index in [0.717, 1.165) is 18.4 Å². The van der Waals surface area contributed by atoms with Gasteiger partial charge in [0.2, 0.25) is 0 Å². The summed E-state index contributed by atoms with van der Waals surface area (Å²) in [5, 5.41) is 6.15. The number of hydrogen-bond donors (Lipinski definition) is 2. The lowest BCUT2D eigenvalue weighted by molar-refractivity contribution is 0.0527. The molecule has 0 fully saturated rings. The van der Waals surface area contributed by atoms with E-state index in [9.17, 15) is 13.2 Å². The molecule has 7 nitrogen and oxygen atoms in total. The van der Waals surface area contributed by atoms with Crippen molar-refractivity contribution in [3.63, 3.8) is 0 Å². The van der Waals surface area contributed by atoms with Crippen LogP contribution in [0.2, 0.25) is 0 Å². The number of ether oxygens (including phenoxy) is 1. The van der Waals surface area contributed by atoms with Crippen molar-refractivity contribution in [2.45, 2.75) is 31.6 Å². The summed E-state index contributed by atoms with van der Waals surface area (Å²) in [5.41, 5.74) is 1.11. The third-order valence-electron chi connectivity index (χ3n) is 3.14. The van der Waals surface area contributed by atoms with Gasteiger partial charge in [-0.25, -0.2) is 13.2 Å². The molecule has 0 aliphatic rings. The highest BCUT2D eigenvalue weighted by Gasteiger charge is 2.21. The summed E-state index contributed by atoms with van der Waals surface area (Å²) in [7, 11) is -3.81. The molecular formula is C15H19N3O4S. The van der Waals surface area contributed by atoms with Crippen LogP contribution in [0.25, 0.3) is 0 Å². The van der Waals surface area contributed by atoms with Crippen LogP contribution in [0, 0.1) is 0 Å². The summed E-state index contributed by atoms with van der Waals surface area (Å²) in [6, 6.07) is 6.62. The first-order valence-electron chi connectivity index (χ1n) is 7.30. The summed E-state index contributed by atoms with van der Waals surface area (Å²) < 4.78 is 32.0. The molecule has 0 aliphatic carbocycles. The number of benzene rings is 1. The number of aryl methyl sites for hydroxylation is 1. The van der Waals surface area contributed by atoms with Crippen molar-refractivity contribution < 1.29 is 17.9 Å². The molecule has 1 aromatic carbocycles. The number of rotatable bonds is 7. The van der Waals surface area contributed by atoms with Crippen LogP contribution in [0.15, 0.2) is 35.4 Å². The van der Waals surface area contributed by atoms with E-state index < -0.39 is 16.0 Å². The third kappa shape index (κ3) is 4.10. The van der Waals surface area contributed by atoms with Gasteiger partial charge in [0, 0.05) is 0 Å². The van der Waals surface area contributed by atoms with Crippen LogP contribution in [-0.2, 0) is 21.2 Å². The van der Waals surface area contributed by atoms with E-state index >= 15 is 0 Å². The van der Waals surface area contributed by atoms with Crippen LogP contribution in [-0.4, -0.2) is 31.2 Å². The van der Waals surface area contributed by atoms with Gasteiger partial charge in [-0.1, -0.05) is 25.5 Å². The number of hydrogen-bond acceptors (Lipinski definition) is 5. The van der Waals surface area contributed by atoms with Gasteiger partial charge < -0.3 is 4.74 Å². The lowest BCUT2D eigenvalue weighted by atomic mass is 10.1. The van der Waals surface area contributed by atoms with Gasteiger partial charge in [-0.15, -0.1) is 0 Å². The fourth-order valence-electron chi connectivity index (χ4n) is 2.04. The zero-order valence-electron chi connectivity index (χ0n) is 13.0. The number of nitrogens with one attached hydrogen (secondary N) is 2. The van der Waals surface area contributed by atoms with Crippen LogP contribution in [0.4, 0.5) is 5.82 Å². The highest BCUT2D eigenvalue weighted by molar-refractivity contribution is 7.92. The Balaban J connectivity index is 2.22. The number of esters is 1. The summed E-state index contributed by atoms with van der Waals surface area (Å²) in [4.78, 5) is 11.9. The van der Waals surface area contributed by atoms with E-state index in [2.05, 4.69) is 21.8 Å². The van der Waals surface area contributed by atoms with Crippen LogP contribution >= 0.6 is 0 Å². The van der Waals surface area contributed by atoms with Gasteiger partial charge in [0.05, 0.1) is 17.7 Å². The van der Waals surface area contributed by atoms with E-state index in [1.54, 1.807) is 19.1 Å². The Labute approximate surface area is 135 Å². The number of anilines is 1. The molecule has 2 N–H and O–H groups in total. The number of aromatic nitrogens is 2. The molecule has 1 heterocycles. The molecule has 2 rings (SSSR count). The van der Waals surface area contributed by atoms with Crippen molar-refractivity contribution in [1.29, 1.82) is 0 Å². The minimum Gasteiger partial charge on any atom is -0.462 e. The lowest BCUT2D eigenvalue weighted by Gasteiger charge is -2.08.